The fraction of sp³-hybridized carbons (Fsp3) is 0.857. The first-order valence-corrected chi connectivity index (χ1v) is 3.92. The van der Waals surface area contributed by atoms with Gasteiger partial charge in [-0.2, -0.15) is 0 Å². The molecular formula is C7H16Cl2N2O2. The van der Waals surface area contributed by atoms with E-state index in [1.165, 1.54) is 0 Å². The molecule has 0 spiro atoms. The molecule has 0 aliphatic carbocycles. The van der Waals surface area contributed by atoms with Crippen LogP contribution < -0.4 is 5.73 Å². The van der Waals surface area contributed by atoms with Gasteiger partial charge in [0.05, 0.1) is 0 Å². The number of carboxylic acids is 1. The number of aliphatic carboxylic acids is 1. The lowest BCUT2D eigenvalue weighted by Crippen LogP contribution is -2.38. The molecule has 1 atom stereocenters. The van der Waals surface area contributed by atoms with Gasteiger partial charge >= 0.3 is 5.97 Å². The predicted octanol–water partition coefficient (Wildman–Crippen LogP) is 0.338. The molecule has 0 aromatic heterocycles. The summed E-state index contributed by atoms with van der Waals surface area (Å²) in [6, 6.07) is -0.279. The molecular weight excluding hydrogens is 215 g/mol. The van der Waals surface area contributed by atoms with Crippen LogP contribution in [0, 0.1) is 0 Å². The molecule has 0 aromatic carbocycles. The van der Waals surface area contributed by atoms with Crippen LogP contribution in [0.4, 0.5) is 0 Å². The monoisotopic (exact) mass is 230 g/mol. The Hall–Kier alpha value is -0.0300. The Labute approximate surface area is 90.3 Å². The fourth-order valence-electron chi connectivity index (χ4n) is 1.54. The molecule has 13 heavy (non-hydrogen) atoms. The lowest BCUT2D eigenvalue weighted by atomic mass is 10.2. The topological polar surface area (TPSA) is 66.6 Å². The van der Waals surface area contributed by atoms with Crippen LogP contribution in [-0.2, 0) is 4.79 Å². The smallest absolute Gasteiger partial charge is 0.320 e. The Morgan fingerprint density at radius 1 is 1.54 bits per heavy atom. The van der Waals surface area contributed by atoms with Crippen molar-refractivity contribution in [3.63, 3.8) is 0 Å². The highest BCUT2D eigenvalue weighted by Crippen LogP contribution is 2.15. The Kier molecular flexibility index (Phi) is 8.77. The second kappa shape index (κ2) is 7.38. The van der Waals surface area contributed by atoms with Gasteiger partial charge in [-0.05, 0) is 19.4 Å². The summed E-state index contributed by atoms with van der Waals surface area (Å²) in [5, 5.41) is 8.73. The molecule has 1 unspecified atom stereocenters. The van der Waals surface area contributed by atoms with Gasteiger partial charge in [0, 0.05) is 13.1 Å². The van der Waals surface area contributed by atoms with Crippen molar-refractivity contribution in [2.24, 2.45) is 5.73 Å². The zero-order valence-corrected chi connectivity index (χ0v) is 8.94. The van der Waals surface area contributed by atoms with E-state index in [4.69, 9.17) is 10.8 Å². The Bertz CT molecular complexity index is 157. The van der Waals surface area contributed by atoms with E-state index in [1.807, 2.05) is 4.90 Å². The molecule has 1 aliphatic rings. The maximum Gasteiger partial charge on any atom is 0.320 e. The van der Waals surface area contributed by atoms with E-state index in [-0.39, 0.29) is 30.9 Å². The number of halogens is 2. The summed E-state index contributed by atoms with van der Waals surface area (Å²) in [6.45, 7) is 2.13. The largest absolute Gasteiger partial charge is 0.480 e. The summed E-state index contributed by atoms with van der Waals surface area (Å²) < 4.78 is 0. The van der Waals surface area contributed by atoms with Crippen molar-refractivity contribution in [1.29, 1.82) is 0 Å². The molecule has 1 aliphatic heterocycles. The van der Waals surface area contributed by atoms with Crippen LogP contribution in [0.25, 0.3) is 0 Å². The van der Waals surface area contributed by atoms with E-state index in [9.17, 15) is 4.79 Å². The lowest BCUT2D eigenvalue weighted by molar-refractivity contribution is -0.142. The molecule has 0 bridgehead atoms. The highest BCUT2D eigenvalue weighted by Gasteiger charge is 2.29. The molecule has 1 fully saturated rings. The second-order valence-corrected chi connectivity index (χ2v) is 2.82. The third kappa shape index (κ3) is 4.13. The Morgan fingerprint density at radius 3 is 2.62 bits per heavy atom. The summed E-state index contributed by atoms with van der Waals surface area (Å²) in [7, 11) is 0. The minimum absolute atomic E-state index is 0. The highest BCUT2D eigenvalue weighted by atomic mass is 35.5. The van der Waals surface area contributed by atoms with E-state index in [0.29, 0.717) is 13.1 Å². The fourth-order valence-corrected chi connectivity index (χ4v) is 1.54. The average Bonchev–Trinajstić information content (AvgIpc) is 2.36. The first-order valence-electron chi connectivity index (χ1n) is 3.92. The van der Waals surface area contributed by atoms with Gasteiger partial charge in [-0.25, -0.2) is 0 Å². The third-order valence-corrected chi connectivity index (χ3v) is 2.07. The van der Waals surface area contributed by atoms with Gasteiger partial charge in [0.2, 0.25) is 0 Å². The Balaban J connectivity index is 0. The van der Waals surface area contributed by atoms with Gasteiger partial charge in [0.15, 0.2) is 0 Å². The van der Waals surface area contributed by atoms with Crippen LogP contribution in [0.3, 0.4) is 0 Å². The number of nitrogens with two attached hydrogens (primary N) is 1. The van der Waals surface area contributed by atoms with Gasteiger partial charge in [-0.15, -0.1) is 24.8 Å². The Morgan fingerprint density at radius 2 is 2.15 bits per heavy atom. The van der Waals surface area contributed by atoms with Crippen molar-refractivity contribution >= 4 is 30.8 Å². The normalized spacial score (nSPS) is 21.8. The van der Waals surface area contributed by atoms with Crippen molar-refractivity contribution in [2.75, 3.05) is 19.6 Å². The number of likely N-dealkylation sites (tertiary alicyclic amines) is 1. The number of nitrogens with zero attached hydrogens (tertiary/aromatic N) is 1. The summed E-state index contributed by atoms with van der Waals surface area (Å²) in [6.07, 6.45) is 1.76. The van der Waals surface area contributed by atoms with Gasteiger partial charge < -0.3 is 10.8 Å². The van der Waals surface area contributed by atoms with Crippen LogP contribution in [0.15, 0.2) is 0 Å². The first-order chi connectivity index (χ1) is 5.25. The molecule has 0 radical (unpaired) electrons. The van der Waals surface area contributed by atoms with Crippen molar-refractivity contribution in [3.05, 3.63) is 0 Å². The van der Waals surface area contributed by atoms with E-state index in [0.717, 1.165) is 19.4 Å². The van der Waals surface area contributed by atoms with E-state index >= 15 is 0 Å². The molecule has 1 rings (SSSR count). The summed E-state index contributed by atoms with van der Waals surface area (Å²) in [5.74, 6) is -0.712. The molecule has 3 N–H and O–H groups in total. The molecule has 0 amide bonds. The SMILES string of the molecule is Cl.Cl.NCCN1CCCC1C(=O)O. The maximum absolute atomic E-state index is 10.6. The summed E-state index contributed by atoms with van der Waals surface area (Å²) >= 11 is 0. The summed E-state index contributed by atoms with van der Waals surface area (Å²) in [4.78, 5) is 12.5. The molecule has 0 saturated carbocycles. The molecule has 80 valence electrons. The van der Waals surface area contributed by atoms with Crippen molar-refractivity contribution in [2.45, 2.75) is 18.9 Å². The van der Waals surface area contributed by atoms with Gasteiger partial charge in [-0.3, -0.25) is 9.69 Å². The average molecular weight is 231 g/mol. The zero-order chi connectivity index (χ0) is 8.27. The minimum atomic E-state index is -0.712. The first kappa shape index (κ1) is 15.4. The lowest BCUT2D eigenvalue weighted by Gasteiger charge is -2.19. The highest BCUT2D eigenvalue weighted by molar-refractivity contribution is 5.85. The number of hydrogen-bond acceptors (Lipinski definition) is 3. The standard InChI is InChI=1S/C7H14N2O2.2ClH/c8-3-5-9-4-1-2-6(9)7(10)11;;/h6H,1-5,8H2,(H,10,11);2*1H. The predicted molar refractivity (Wildman–Crippen MR) is 55.8 cm³/mol. The molecule has 4 nitrogen and oxygen atoms in total. The minimum Gasteiger partial charge on any atom is -0.480 e. The maximum atomic E-state index is 10.6. The molecule has 0 aromatic rings. The number of rotatable bonds is 3. The van der Waals surface area contributed by atoms with Crippen molar-refractivity contribution < 1.29 is 9.90 Å². The van der Waals surface area contributed by atoms with Gasteiger partial charge in [0.25, 0.3) is 0 Å². The van der Waals surface area contributed by atoms with Crippen molar-refractivity contribution in [3.8, 4) is 0 Å². The number of hydrogen-bond donors (Lipinski definition) is 2. The van der Waals surface area contributed by atoms with Crippen LogP contribution in [0.5, 0.6) is 0 Å². The van der Waals surface area contributed by atoms with Gasteiger partial charge in [-0.1, -0.05) is 0 Å². The van der Waals surface area contributed by atoms with Crippen molar-refractivity contribution in [1.82, 2.24) is 4.90 Å². The van der Waals surface area contributed by atoms with Gasteiger partial charge in [0.1, 0.15) is 6.04 Å². The van der Waals surface area contributed by atoms with E-state index in [2.05, 4.69) is 0 Å². The van der Waals surface area contributed by atoms with E-state index < -0.39 is 5.97 Å². The third-order valence-electron chi connectivity index (χ3n) is 2.07. The van der Waals surface area contributed by atoms with E-state index in [1.54, 1.807) is 0 Å². The number of carboxylic acid groups (broad SMARTS) is 1. The summed E-state index contributed by atoms with van der Waals surface area (Å²) in [5.41, 5.74) is 5.34. The molecule has 1 heterocycles. The van der Waals surface area contributed by atoms with Crippen LogP contribution in [0.2, 0.25) is 0 Å². The zero-order valence-electron chi connectivity index (χ0n) is 7.31. The quantitative estimate of drug-likeness (QED) is 0.734. The van der Waals surface area contributed by atoms with Crippen LogP contribution in [-0.4, -0.2) is 41.7 Å². The molecule has 1 saturated heterocycles. The van der Waals surface area contributed by atoms with Crippen LogP contribution >= 0.6 is 24.8 Å². The second-order valence-electron chi connectivity index (χ2n) is 2.82. The molecule has 6 heteroatoms. The number of carbonyl (C=O) groups is 1. The van der Waals surface area contributed by atoms with Crippen LogP contribution in [0.1, 0.15) is 12.8 Å².